The van der Waals surface area contributed by atoms with E-state index in [1.54, 1.807) is 36.7 Å². The van der Waals surface area contributed by atoms with E-state index in [2.05, 4.69) is 20.6 Å². The number of nitrogens with one attached hydrogen (secondary N) is 2. The van der Waals surface area contributed by atoms with E-state index < -0.39 is 0 Å². The fourth-order valence-corrected chi connectivity index (χ4v) is 5.53. The van der Waals surface area contributed by atoms with Gasteiger partial charge in [-0.3, -0.25) is 14.0 Å². The fraction of sp³-hybridized carbons (Fsp3) is 0.367. The zero-order chi connectivity index (χ0) is 26.8. The second-order valence-electron chi connectivity index (χ2n) is 10.7. The van der Waals surface area contributed by atoms with Gasteiger partial charge in [0.25, 0.3) is 5.91 Å². The van der Waals surface area contributed by atoms with Crippen LogP contribution in [0.2, 0.25) is 0 Å². The minimum atomic E-state index is -0.235. The van der Waals surface area contributed by atoms with E-state index in [9.17, 15) is 9.59 Å². The third kappa shape index (κ3) is 5.48. The van der Waals surface area contributed by atoms with Crippen LogP contribution in [0.3, 0.4) is 0 Å². The molecule has 0 bridgehead atoms. The molecule has 4 aromatic rings. The van der Waals surface area contributed by atoms with Crippen molar-refractivity contribution in [2.45, 2.75) is 50.9 Å². The molecule has 2 atom stereocenters. The third-order valence-electron chi connectivity index (χ3n) is 7.86. The summed E-state index contributed by atoms with van der Waals surface area (Å²) >= 11 is 0. The maximum atomic E-state index is 13.0. The number of carbonyl (C=O) groups excluding carboxylic acids is 2. The number of aromatic nitrogens is 4. The average molecular weight is 524 g/mol. The van der Waals surface area contributed by atoms with Crippen LogP contribution in [-0.2, 0) is 4.79 Å². The number of benzene rings is 1. The molecule has 3 heterocycles. The number of anilines is 2. The first-order valence-electron chi connectivity index (χ1n) is 13.8. The van der Waals surface area contributed by atoms with Gasteiger partial charge in [0.05, 0.1) is 0 Å². The zero-order valence-electron chi connectivity index (χ0n) is 21.8. The number of pyridine rings is 1. The predicted octanol–water partition coefficient (Wildman–Crippen LogP) is 4.82. The van der Waals surface area contributed by atoms with Gasteiger partial charge in [-0.1, -0.05) is 31.0 Å². The number of rotatable bonds is 7. The van der Waals surface area contributed by atoms with Crippen molar-refractivity contribution in [2.24, 2.45) is 11.8 Å². The SMILES string of the molecule is Nc1nccn2c(C3CCCCC(C(=O)NCC4CC4)C3)nc(-c3ccc(C(=O)Nc4ccccn4)cc3)c12. The van der Waals surface area contributed by atoms with E-state index in [1.165, 1.54) is 12.8 Å². The first-order valence-corrected chi connectivity index (χ1v) is 13.8. The second-order valence-corrected chi connectivity index (χ2v) is 10.7. The van der Waals surface area contributed by atoms with E-state index in [-0.39, 0.29) is 23.7 Å². The number of amides is 2. The van der Waals surface area contributed by atoms with Crippen molar-refractivity contribution >= 4 is 29.0 Å². The van der Waals surface area contributed by atoms with Gasteiger partial charge in [0, 0.05) is 48.1 Å². The molecule has 2 aliphatic rings. The van der Waals surface area contributed by atoms with E-state index in [0.717, 1.165) is 61.2 Å². The molecule has 2 aliphatic carbocycles. The van der Waals surface area contributed by atoms with E-state index in [1.807, 2.05) is 28.8 Å². The lowest BCUT2D eigenvalue weighted by molar-refractivity contribution is -0.125. The van der Waals surface area contributed by atoms with Gasteiger partial charge in [-0.05, 0) is 62.3 Å². The summed E-state index contributed by atoms with van der Waals surface area (Å²) in [4.78, 5) is 39.3. The molecular weight excluding hydrogens is 490 g/mol. The maximum Gasteiger partial charge on any atom is 0.256 e. The minimum Gasteiger partial charge on any atom is -0.382 e. The maximum absolute atomic E-state index is 13.0. The van der Waals surface area contributed by atoms with E-state index in [4.69, 9.17) is 10.7 Å². The topological polar surface area (TPSA) is 127 Å². The molecule has 0 radical (unpaired) electrons. The summed E-state index contributed by atoms with van der Waals surface area (Å²) in [6.45, 7) is 0.800. The summed E-state index contributed by atoms with van der Waals surface area (Å²) < 4.78 is 2.04. The molecule has 1 aromatic carbocycles. The van der Waals surface area contributed by atoms with Crippen molar-refractivity contribution < 1.29 is 9.59 Å². The van der Waals surface area contributed by atoms with E-state index >= 15 is 0 Å². The van der Waals surface area contributed by atoms with Crippen LogP contribution in [0.1, 0.15) is 67.0 Å². The molecule has 9 heteroatoms. The van der Waals surface area contributed by atoms with Crippen LogP contribution in [0.15, 0.2) is 61.1 Å². The number of carbonyl (C=O) groups is 2. The van der Waals surface area contributed by atoms with Gasteiger partial charge in [0.1, 0.15) is 28.7 Å². The van der Waals surface area contributed by atoms with Crippen LogP contribution in [0.4, 0.5) is 11.6 Å². The monoisotopic (exact) mass is 523 g/mol. The van der Waals surface area contributed by atoms with Crippen LogP contribution in [0.25, 0.3) is 16.8 Å². The highest BCUT2D eigenvalue weighted by Crippen LogP contribution is 2.38. The molecule has 9 nitrogen and oxygen atoms in total. The predicted molar refractivity (Wildman–Crippen MR) is 150 cm³/mol. The smallest absolute Gasteiger partial charge is 0.256 e. The van der Waals surface area contributed by atoms with Crippen molar-refractivity contribution in [3.8, 4) is 11.3 Å². The Morgan fingerprint density at radius 1 is 0.974 bits per heavy atom. The van der Waals surface area contributed by atoms with Crippen LogP contribution < -0.4 is 16.4 Å². The molecule has 0 spiro atoms. The Balaban J connectivity index is 1.27. The van der Waals surface area contributed by atoms with Gasteiger partial charge < -0.3 is 16.4 Å². The Labute approximate surface area is 227 Å². The fourth-order valence-electron chi connectivity index (χ4n) is 5.53. The van der Waals surface area contributed by atoms with E-state index in [0.29, 0.717) is 23.1 Å². The first-order chi connectivity index (χ1) is 19.1. The molecule has 0 aliphatic heterocycles. The Morgan fingerprint density at radius 2 is 1.79 bits per heavy atom. The molecule has 3 aromatic heterocycles. The van der Waals surface area contributed by atoms with Crippen LogP contribution in [-0.4, -0.2) is 37.7 Å². The number of nitrogens with zero attached hydrogens (tertiary/aromatic N) is 4. The van der Waals surface area contributed by atoms with Crippen LogP contribution in [0, 0.1) is 11.8 Å². The average Bonchev–Trinajstić information content (AvgIpc) is 3.75. The minimum absolute atomic E-state index is 0.0110. The normalized spacial score (nSPS) is 19.4. The van der Waals surface area contributed by atoms with Gasteiger partial charge in [-0.25, -0.2) is 15.0 Å². The Hall–Kier alpha value is -4.27. The van der Waals surface area contributed by atoms with Gasteiger partial charge in [-0.2, -0.15) is 0 Å². The zero-order valence-corrected chi connectivity index (χ0v) is 21.8. The summed E-state index contributed by atoms with van der Waals surface area (Å²) in [7, 11) is 0. The van der Waals surface area contributed by atoms with Crippen molar-refractivity contribution in [1.82, 2.24) is 24.7 Å². The highest BCUT2D eigenvalue weighted by atomic mass is 16.2. The number of imidazole rings is 1. The summed E-state index contributed by atoms with van der Waals surface area (Å²) in [5.41, 5.74) is 9.21. The van der Waals surface area contributed by atoms with Gasteiger partial charge in [-0.15, -0.1) is 0 Å². The van der Waals surface area contributed by atoms with Crippen molar-refractivity contribution in [3.63, 3.8) is 0 Å². The highest BCUT2D eigenvalue weighted by molar-refractivity contribution is 6.04. The molecule has 39 heavy (non-hydrogen) atoms. The largest absolute Gasteiger partial charge is 0.382 e. The number of nitrogens with two attached hydrogens (primary N) is 1. The molecule has 2 fully saturated rings. The molecule has 6 rings (SSSR count). The van der Waals surface area contributed by atoms with Crippen LogP contribution >= 0.6 is 0 Å². The molecular formula is C30H33N7O2. The number of nitrogen functional groups attached to an aromatic ring is 1. The van der Waals surface area contributed by atoms with Gasteiger partial charge in [0.2, 0.25) is 5.91 Å². The van der Waals surface area contributed by atoms with Crippen molar-refractivity contribution in [2.75, 3.05) is 17.6 Å². The standard InChI is InChI=1S/C30H33N7O2/c31-27-26-25(20-10-12-21(13-11-20)30(39)35-24-7-3-4-14-32-24)36-28(37(26)16-15-33-27)22-5-1-2-6-23(17-22)29(38)34-18-19-8-9-19/h3-4,7,10-16,19,22-23H,1-2,5-6,8-9,17-18H2,(H2,31,33)(H,34,38)(H,32,35,39). The lowest BCUT2D eigenvalue weighted by atomic mass is 9.91. The highest BCUT2D eigenvalue weighted by Gasteiger charge is 2.31. The Morgan fingerprint density at radius 3 is 2.56 bits per heavy atom. The number of hydrogen-bond donors (Lipinski definition) is 3. The first kappa shape index (κ1) is 25.0. The lowest BCUT2D eigenvalue weighted by Crippen LogP contribution is -2.32. The lowest BCUT2D eigenvalue weighted by Gasteiger charge is -2.19. The second kappa shape index (κ2) is 10.8. The Bertz CT molecular complexity index is 1480. The van der Waals surface area contributed by atoms with Crippen molar-refractivity contribution in [1.29, 1.82) is 0 Å². The quantitative estimate of drug-likeness (QED) is 0.298. The summed E-state index contributed by atoms with van der Waals surface area (Å²) in [5.74, 6) is 2.54. The van der Waals surface area contributed by atoms with Crippen molar-refractivity contribution in [3.05, 3.63) is 72.4 Å². The van der Waals surface area contributed by atoms with Crippen LogP contribution in [0.5, 0.6) is 0 Å². The summed E-state index contributed by atoms with van der Waals surface area (Å²) in [6, 6.07) is 12.7. The Kier molecular flexibility index (Phi) is 6.96. The summed E-state index contributed by atoms with van der Waals surface area (Å²) in [6.07, 6.45) is 12.4. The molecule has 0 saturated heterocycles. The molecule has 2 saturated carbocycles. The third-order valence-corrected chi connectivity index (χ3v) is 7.86. The number of fused-ring (bicyclic) bond motifs is 1. The van der Waals surface area contributed by atoms with Gasteiger partial charge in [0.15, 0.2) is 0 Å². The molecule has 2 unspecified atom stereocenters. The number of hydrogen-bond acceptors (Lipinski definition) is 6. The molecule has 200 valence electrons. The summed E-state index contributed by atoms with van der Waals surface area (Å²) in [5, 5.41) is 6.00. The molecule has 2 amide bonds. The molecule has 4 N–H and O–H groups in total. The van der Waals surface area contributed by atoms with Gasteiger partial charge >= 0.3 is 0 Å².